The van der Waals surface area contributed by atoms with Gasteiger partial charge in [0, 0.05) is 59.4 Å². The number of nitrogens with zero attached hydrogens (tertiary/aromatic N) is 3. The lowest BCUT2D eigenvalue weighted by molar-refractivity contribution is 0.590. The van der Waals surface area contributed by atoms with Gasteiger partial charge in [0.15, 0.2) is 0 Å². The van der Waals surface area contributed by atoms with Gasteiger partial charge in [0.25, 0.3) is 6.71 Å². The average Bonchev–Trinajstić information content (AvgIpc) is 3.93. The summed E-state index contributed by atoms with van der Waals surface area (Å²) < 4.78 is 3.97. The van der Waals surface area contributed by atoms with Crippen molar-refractivity contribution in [3.63, 3.8) is 0 Å². The minimum absolute atomic E-state index is 0.0259. The van der Waals surface area contributed by atoms with Crippen LogP contribution in [-0.2, 0) is 16.2 Å². The van der Waals surface area contributed by atoms with E-state index >= 15 is 0 Å². The summed E-state index contributed by atoms with van der Waals surface area (Å²) in [5.41, 5.74) is 20.1. The summed E-state index contributed by atoms with van der Waals surface area (Å²) in [4.78, 5) is 7.62. The Balaban J connectivity index is 1.09. The van der Waals surface area contributed by atoms with Gasteiger partial charge in [0.1, 0.15) is 0 Å². The smallest absolute Gasteiger partial charge is 0.266 e. The molecule has 4 heterocycles. The Morgan fingerprint density at radius 3 is 1.58 bits per heavy atom. The molecule has 8 aromatic carbocycles. The molecule has 350 valence electrons. The molecule has 0 amide bonds. The second kappa shape index (κ2) is 16.6. The van der Waals surface area contributed by atoms with Crippen LogP contribution in [0.25, 0.3) is 31.3 Å². The lowest BCUT2D eigenvalue weighted by atomic mass is 9.36. The maximum atomic E-state index is 2.59. The summed E-state index contributed by atoms with van der Waals surface area (Å²) in [5, 5.41) is 3.88. The van der Waals surface area contributed by atoms with Crippen molar-refractivity contribution >= 4 is 116 Å². The number of thiophene rings is 2. The number of fused-ring (bicyclic) bond motifs is 8. The average molecular weight is 958 g/mol. The fourth-order valence-corrected chi connectivity index (χ4v) is 13.5. The van der Waals surface area contributed by atoms with Crippen LogP contribution in [0.15, 0.2) is 182 Å². The summed E-state index contributed by atoms with van der Waals surface area (Å²) in [6.07, 6.45) is 0. The first-order valence-electron chi connectivity index (χ1n) is 25.1. The molecule has 10 aromatic rings. The molecule has 3 nitrogen and oxygen atoms in total. The third kappa shape index (κ3) is 7.70. The van der Waals surface area contributed by atoms with Crippen LogP contribution in [0.2, 0.25) is 0 Å². The largest absolute Gasteiger partial charge is 0.310 e. The Kier molecular flexibility index (Phi) is 10.6. The Morgan fingerprint density at radius 1 is 0.423 bits per heavy atom. The van der Waals surface area contributed by atoms with E-state index in [-0.39, 0.29) is 23.0 Å². The number of para-hydroxylation sites is 1. The highest BCUT2D eigenvalue weighted by molar-refractivity contribution is 7.35. The van der Waals surface area contributed by atoms with E-state index in [0.717, 1.165) is 22.7 Å². The zero-order chi connectivity index (χ0) is 49.1. The molecule has 12 rings (SSSR count). The number of rotatable bonds is 6. The molecule has 0 N–H and O–H groups in total. The molecule has 0 radical (unpaired) electrons. The number of hydrogen-bond donors (Lipinski definition) is 0. The number of anilines is 9. The normalized spacial score (nSPS) is 13.4. The molecule has 2 aliphatic heterocycles. The Bertz CT molecular complexity index is 3600. The lowest BCUT2D eigenvalue weighted by Gasteiger charge is -2.42. The monoisotopic (exact) mass is 957 g/mol. The van der Waals surface area contributed by atoms with E-state index in [4.69, 9.17) is 0 Å². The summed E-state index contributed by atoms with van der Waals surface area (Å²) >= 11 is 3.89. The fourth-order valence-electron chi connectivity index (χ4n) is 11.0. The van der Waals surface area contributed by atoms with Gasteiger partial charge in [-0.2, -0.15) is 0 Å². The highest BCUT2D eigenvalue weighted by atomic mass is 32.1. The van der Waals surface area contributed by atoms with Crippen LogP contribution >= 0.6 is 22.7 Å². The van der Waals surface area contributed by atoms with Crippen molar-refractivity contribution in [1.82, 2.24) is 0 Å². The van der Waals surface area contributed by atoms with Gasteiger partial charge in [-0.15, -0.1) is 22.7 Å². The molecule has 0 saturated carbocycles. The first-order valence-corrected chi connectivity index (χ1v) is 26.7. The van der Waals surface area contributed by atoms with Crippen LogP contribution in [0.4, 0.5) is 50.5 Å². The molecule has 2 aromatic heterocycles. The van der Waals surface area contributed by atoms with E-state index < -0.39 is 0 Å². The van der Waals surface area contributed by atoms with Gasteiger partial charge in [0.05, 0.1) is 10.7 Å². The molecule has 71 heavy (non-hydrogen) atoms. The van der Waals surface area contributed by atoms with Gasteiger partial charge in [-0.25, -0.2) is 0 Å². The van der Waals surface area contributed by atoms with Crippen LogP contribution < -0.4 is 30.4 Å². The van der Waals surface area contributed by atoms with Gasteiger partial charge in [-0.1, -0.05) is 159 Å². The zero-order valence-corrected chi connectivity index (χ0v) is 44.2. The SMILES string of the molecule is Cc1cc2c3c(c1)N(c1ccccc1)c1c(sc4ccc(N(c5ccc(C(C)(C)C)cc5)c5ccc(C(C)(C)C)cc5)cc14)B3c1c(sc3ccccc13)N2c1cccc(-c2ccc(C(C)(C)C)cc2)c1. The zero-order valence-electron chi connectivity index (χ0n) is 42.6. The number of aryl methyl sites for hydroxylation is 1. The summed E-state index contributed by atoms with van der Waals surface area (Å²) in [6.45, 7) is 22.9. The molecule has 0 atom stereocenters. The first-order chi connectivity index (χ1) is 34.0. The van der Waals surface area contributed by atoms with Crippen molar-refractivity contribution in [1.29, 1.82) is 0 Å². The standard InChI is InChI=1S/C65H60BN3S2/c1-41-37-54-59-55(38-41)69(50-20-16-17-43(39-50)42-23-25-44(26-24-42)63(2,3)4)62-58(52-21-14-15-22-56(52)71-62)66(59)61-60(68(54)47-18-12-11-13-19-47)53-40-51(35-36-57(53)70-61)67(48-31-27-45(28-32-48)64(5,6)7)49-33-29-46(30-34-49)65(8,9)10/h11-40H,1-10H3. The van der Waals surface area contributed by atoms with Gasteiger partial charge in [-0.05, 0) is 158 Å². The molecular formula is C65H60BN3S2. The summed E-state index contributed by atoms with van der Waals surface area (Å²) in [7, 11) is 0. The first kappa shape index (κ1) is 45.3. The number of benzene rings is 8. The van der Waals surface area contributed by atoms with Crippen molar-refractivity contribution in [3.05, 3.63) is 204 Å². The molecule has 0 bridgehead atoms. The Labute approximate surface area is 428 Å². The van der Waals surface area contributed by atoms with Gasteiger partial charge < -0.3 is 14.7 Å². The Hall–Kier alpha value is -6.86. The van der Waals surface area contributed by atoms with E-state index in [1.54, 1.807) is 0 Å². The highest BCUT2D eigenvalue weighted by Crippen LogP contribution is 2.52. The molecule has 6 heteroatoms. The highest BCUT2D eigenvalue weighted by Gasteiger charge is 2.47. The fraction of sp³-hybridized carbons (Fsp3) is 0.200. The molecular weight excluding hydrogens is 898 g/mol. The van der Waals surface area contributed by atoms with Gasteiger partial charge in [0.2, 0.25) is 0 Å². The third-order valence-corrected chi connectivity index (χ3v) is 17.2. The van der Waals surface area contributed by atoms with Crippen LogP contribution in [0.3, 0.4) is 0 Å². The second-order valence-corrected chi connectivity index (χ2v) is 24.9. The Morgan fingerprint density at radius 2 is 0.958 bits per heavy atom. The van der Waals surface area contributed by atoms with Crippen LogP contribution in [-0.4, -0.2) is 6.71 Å². The van der Waals surface area contributed by atoms with E-state index in [0.29, 0.717) is 0 Å². The number of hydrogen-bond acceptors (Lipinski definition) is 5. The van der Waals surface area contributed by atoms with Crippen molar-refractivity contribution in [2.24, 2.45) is 0 Å². The second-order valence-electron chi connectivity index (χ2n) is 22.8. The van der Waals surface area contributed by atoms with Crippen molar-refractivity contribution in [2.45, 2.75) is 85.5 Å². The van der Waals surface area contributed by atoms with Gasteiger partial charge >= 0.3 is 0 Å². The van der Waals surface area contributed by atoms with Gasteiger partial charge in [-0.3, -0.25) is 0 Å². The molecule has 0 unspecified atom stereocenters. The van der Waals surface area contributed by atoms with E-state index in [9.17, 15) is 0 Å². The molecule has 0 spiro atoms. The predicted octanol–water partition coefficient (Wildman–Crippen LogP) is 17.5. The molecule has 0 aliphatic carbocycles. The van der Waals surface area contributed by atoms with E-state index in [2.05, 4.69) is 266 Å². The third-order valence-electron chi connectivity index (χ3n) is 14.8. The lowest BCUT2D eigenvalue weighted by Crippen LogP contribution is -2.60. The molecule has 0 fully saturated rings. The van der Waals surface area contributed by atoms with Crippen molar-refractivity contribution in [2.75, 3.05) is 14.7 Å². The minimum Gasteiger partial charge on any atom is -0.310 e. The minimum atomic E-state index is 0.0259. The van der Waals surface area contributed by atoms with Crippen LogP contribution in [0.1, 0.15) is 84.6 Å². The molecule has 2 aliphatic rings. The quantitative estimate of drug-likeness (QED) is 0.154. The van der Waals surface area contributed by atoms with Crippen molar-refractivity contribution in [3.8, 4) is 11.1 Å². The van der Waals surface area contributed by atoms with Crippen molar-refractivity contribution < 1.29 is 0 Å². The predicted molar refractivity (Wildman–Crippen MR) is 312 cm³/mol. The summed E-state index contributed by atoms with van der Waals surface area (Å²) in [6, 6.07) is 69.1. The maximum Gasteiger partial charge on any atom is 0.266 e. The van der Waals surface area contributed by atoms with Crippen LogP contribution in [0, 0.1) is 6.92 Å². The summed E-state index contributed by atoms with van der Waals surface area (Å²) in [5.74, 6) is 0. The van der Waals surface area contributed by atoms with E-state index in [1.807, 2.05) is 22.7 Å². The molecule has 0 saturated heterocycles. The topological polar surface area (TPSA) is 9.72 Å². The maximum absolute atomic E-state index is 2.59. The van der Waals surface area contributed by atoms with Crippen LogP contribution in [0.5, 0.6) is 0 Å². The van der Waals surface area contributed by atoms with E-state index in [1.165, 1.54) is 97.0 Å².